The number of imidazole rings is 1. The minimum Gasteiger partial charge on any atom is -0.381 e. The molecule has 0 aliphatic carbocycles. The van der Waals surface area contributed by atoms with Crippen LogP contribution in [-0.4, -0.2) is 70.9 Å². The van der Waals surface area contributed by atoms with Crippen LogP contribution in [0.5, 0.6) is 0 Å². The van der Waals surface area contributed by atoms with E-state index in [1.54, 1.807) is 4.57 Å². The van der Waals surface area contributed by atoms with Gasteiger partial charge in [-0.25, -0.2) is 4.79 Å². The SMILES string of the molecule is CCN(c1cc(-c2ccc3c(c2)n(C2CCN(C)CC2)c(=O)n3C)cc(C(=O)NCc2c(C)cc(C)[nH]c2=O)c1C)C1CCOCC1. The normalized spacial score (nSPS) is 16.6. The third-order valence-corrected chi connectivity index (χ3v) is 10.3. The predicted octanol–water partition coefficient (Wildman–Crippen LogP) is 4.82. The van der Waals surface area contributed by atoms with Gasteiger partial charge in [-0.1, -0.05) is 6.07 Å². The van der Waals surface area contributed by atoms with Crippen molar-refractivity contribution in [3.05, 3.63) is 85.2 Å². The number of aromatic amines is 1. The number of nitrogens with one attached hydrogen (secondary N) is 2. The number of fused-ring (bicyclic) bond motifs is 1. The summed E-state index contributed by atoms with van der Waals surface area (Å²) in [4.78, 5) is 47.8. The summed E-state index contributed by atoms with van der Waals surface area (Å²) >= 11 is 0. The van der Waals surface area contributed by atoms with Gasteiger partial charge in [0.2, 0.25) is 0 Å². The zero-order valence-corrected chi connectivity index (χ0v) is 28.6. The number of pyridine rings is 1. The molecule has 0 radical (unpaired) electrons. The number of carbonyl (C=O) groups excluding carboxylic acids is 1. The number of hydrogen-bond acceptors (Lipinski definition) is 6. The van der Waals surface area contributed by atoms with Crippen molar-refractivity contribution in [2.24, 2.45) is 7.05 Å². The Kier molecular flexibility index (Phi) is 9.43. The topological polar surface area (TPSA) is 105 Å². The van der Waals surface area contributed by atoms with E-state index in [1.165, 1.54) is 0 Å². The van der Waals surface area contributed by atoms with Gasteiger partial charge in [0.05, 0.1) is 11.0 Å². The van der Waals surface area contributed by atoms with E-state index in [9.17, 15) is 14.4 Å². The van der Waals surface area contributed by atoms with Gasteiger partial charge >= 0.3 is 5.69 Å². The van der Waals surface area contributed by atoms with Crippen LogP contribution in [0, 0.1) is 20.8 Å². The Morgan fingerprint density at radius 2 is 1.68 bits per heavy atom. The number of piperidine rings is 1. The van der Waals surface area contributed by atoms with Crippen molar-refractivity contribution < 1.29 is 9.53 Å². The molecule has 4 heterocycles. The van der Waals surface area contributed by atoms with E-state index in [1.807, 2.05) is 50.6 Å². The van der Waals surface area contributed by atoms with Gasteiger partial charge in [0, 0.05) is 67.9 Å². The van der Waals surface area contributed by atoms with Crippen molar-refractivity contribution in [2.75, 3.05) is 44.8 Å². The van der Waals surface area contributed by atoms with Crippen LogP contribution in [0.2, 0.25) is 0 Å². The van der Waals surface area contributed by atoms with Crippen molar-refractivity contribution in [3.63, 3.8) is 0 Å². The van der Waals surface area contributed by atoms with E-state index in [-0.39, 0.29) is 29.7 Å². The molecule has 0 bridgehead atoms. The molecule has 47 heavy (non-hydrogen) atoms. The van der Waals surface area contributed by atoms with Crippen molar-refractivity contribution in [1.29, 1.82) is 0 Å². The van der Waals surface area contributed by atoms with Crippen molar-refractivity contribution in [1.82, 2.24) is 24.3 Å². The maximum atomic E-state index is 14.0. The lowest BCUT2D eigenvalue weighted by Gasteiger charge is -2.37. The maximum absolute atomic E-state index is 14.0. The van der Waals surface area contributed by atoms with Crippen molar-refractivity contribution in [3.8, 4) is 11.1 Å². The second kappa shape index (κ2) is 13.5. The number of aromatic nitrogens is 3. The van der Waals surface area contributed by atoms with E-state index in [0.29, 0.717) is 17.2 Å². The minimum atomic E-state index is -0.225. The van der Waals surface area contributed by atoms with Gasteiger partial charge in [0.15, 0.2) is 0 Å². The lowest BCUT2D eigenvalue weighted by molar-refractivity contribution is 0.0846. The molecule has 0 spiro atoms. The number of aryl methyl sites for hydroxylation is 3. The Morgan fingerprint density at radius 1 is 0.957 bits per heavy atom. The molecular weight excluding hydrogens is 592 g/mol. The number of anilines is 1. The van der Waals surface area contributed by atoms with Crippen LogP contribution in [0.25, 0.3) is 22.2 Å². The first-order valence-corrected chi connectivity index (χ1v) is 16.9. The Balaban J connectivity index is 1.44. The van der Waals surface area contributed by atoms with Crippen LogP contribution < -0.4 is 21.5 Å². The monoisotopic (exact) mass is 640 g/mol. The molecule has 0 atom stereocenters. The van der Waals surface area contributed by atoms with Gasteiger partial charge in [0.25, 0.3) is 11.5 Å². The molecule has 4 aromatic rings. The maximum Gasteiger partial charge on any atom is 0.329 e. The standard InChI is InChI=1S/C37H48N6O4/c1-7-42(28-12-16-47-17-13-28)33-21-27(19-30(25(33)4)35(44)38-22-31-23(2)18-24(3)39-36(31)45)26-8-9-32-34(20-26)43(37(46)41(32)6)29-10-14-40(5)15-11-29/h8-9,18-21,28-29H,7,10-17,22H2,1-6H3,(H,38,44)(H,39,45). The number of rotatable bonds is 8. The molecule has 1 amide bonds. The zero-order chi connectivity index (χ0) is 33.4. The number of amides is 1. The van der Waals surface area contributed by atoms with Crippen LogP contribution in [0.15, 0.2) is 46.0 Å². The van der Waals surface area contributed by atoms with E-state index in [0.717, 1.165) is 103 Å². The Labute approximate surface area is 276 Å². The fraction of sp³-hybridized carbons (Fsp3) is 0.486. The number of ether oxygens (including phenoxy) is 1. The molecule has 10 nitrogen and oxygen atoms in total. The largest absolute Gasteiger partial charge is 0.381 e. The Hall–Kier alpha value is -4.15. The van der Waals surface area contributed by atoms with Gasteiger partial charge in [-0.3, -0.25) is 18.7 Å². The van der Waals surface area contributed by atoms with Crippen LogP contribution in [0.4, 0.5) is 5.69 Å². The molecule has 2 aromatic carbocycles. The lowest BCUT2D eigenvalue weighted by Crippen LogP contribution is -2.40. The fourth-order valence-electron chi connectivity index (χ4n) is 7.54. The Morgan fingerprint density at radius 3 is 2.36 bits per heavy atom. The first-order chi connectivity index (χ1) is 22.6. The van der Waals surface area contributed by atoms with Gasteiger partial charge in [-0.05, 0) is 126 Å². The first kappa shape index (κ1) is 32.8. The van der Waals surface area contributed by atoms with Crippen LogP contribution in [0.3, 0.4) is 0 Å². The molecular formula is C37H48N6O4. The lowest BCUT2D eigenvalue weighted by atomic mass is 9.95. The molecule has 6 rings (SSSR count). The highest BCUT2D eigenvalue weighted by atomic mass is 16.5. The summed E-state index contributed by atoms with van der Waals surface area (Å²) in [5.74, 6) is -0.225. The highest BCUT2D eigenvalue weighted by molar-refractivity contribution is 5.99. The summed E-state index contributed by atoms with van der Waals surface area (Å²) in [6.07, 6.45) is 3.71. The number of likely N-dealkylation sites (tertiary alicyclic amines) is 1. The second-order valence-corrected chi connectivity index (χ2v) is 13.4. The first-order valence-electron chi connectivity index (χ1n) is 16.9. The zero-order valence-electron chi connectivity index (χ0n) is 28.6. The molecule has 0 unspecified atom stereocenters. The van der Waals surface area contributed by atoms with Crippen LogP contribution >= 0.6 is 0 Å². The predicted molar refractivity (Wildman–Crippen MR) is 188 cm³/mol. The molecule has 2 aliphatic rings. The average Bonchev–Trinajstić information content (AvgIpc) is 3.31. The number of carbonyl (C=O) groups is 1. The molecule has 2 fully saturated rings. The number of H-pyrrole nitrogens is 1. The summed E-state index contributed by atoms with van der Waals surface area (Å²) in [6.45, 7) is 12.2. The molecule has 2 saturated heterocycles. The van der Waals surface area contributed by atoms with E-state index < -0.39 is 0 Å². The van der Waals surface area contributed by atoms with Crippen LogP contribution in [0.1, 0.15) is 71.4 Å². The van der Waals surface area contributed by atoms with Gasteiger partial charge in [0.1, 0.15) is 0 Å². The molecule has 0 saturated carbocycles. The average molecular weight is 641 g/mol. The number of hydrogen-bond donors (Lipinski definition) is 2. The molecule has 10 heteroatoms. The molecule has 2 N–H and O–H groups in total. The summed E-state index contributed by atoms with van der Waals surface area (Å²) in [5.41, 5.74) is 8.20. The third kappa shape index (κ3) is 6.41. The van der Waals surface area contributed by atoms with Crippen LogP contribution in [-0.2, 0) is 18.3 Å². The van der Waals surface area contributed by atoms with E-state index in [4.69, 9.17) is 4.74 Å². The third-order valence-electron chi connectivity index (χ3n) is 10.3. The van der Waals surface area contributed by atoms with Crippen molar-refractivity contribution >= 4 is 22.6 Å². The Bertz CT molecular complexity index is 1910. The smallest absolute Gasteiger partial charge is 0.329 e. The number of benzene rings is 2. The van der Waals surface area contributed by atoms with E-state index >= 15 is 0 Å². The minimum absolute atomic E-state index is 0.00873. The highest BCUT2D eigenvalue weighted by Crippen LogP contribution is 2.35. The van der Waals surface area contributed by atoms with Gasteiger partial charge in [-0.2, -0.15) is 0 Å². The summed E-state index contributed by atoms with van der Waals surface area (Å²) in [5, 5.41) is 3.05. The second-order valence-electron chi connectivity index (χ2n) is 13.4. The molecule has 2 aliphatic heterocycles. The summed E-state index contributed by atoms with van der Waals surface area (Å²) in [6, 6.07) is 12.7. The molecule has 250 valence electrons. The van der Waals surface area contributed by atoms with Crippen molar-refractivity contribution in [2.45, 2.75) is 72.0 Å². The number of nitrogens with zero attached hydrogens (tertiary/aromatic N) is 4. The summed E-state index contributed by atoms with van der Waals surface area (Å²) in [7, 11) is 3.97. The quantitative estimate of drug-likeness (QED) is 0.286. The van der Waals surface area contributed by atoms with Gasteiger partial charge in [-0.15, -0.1) is 0 Å². The fourth-order valence-corrected chi connectivity index (χ4v) is 7.54. The molecule has 2 aromatic heterocycles. The van der Waals surface area contributed by atoms with E-state index in [2.05, 4.69) is 52.3 Å². The van der Waals surface area contributed by atoms with Gasteiger partial charge < -0.3 is 24.8 Å². The highest BCUT2D eigenvalue weighted by Gasteiger charge is 2.27. The summed E-state index contributed by atoms with van der Waals surface area (Å²) < 4.78 is 9.41.